The van der Waals surface area contributed by atoms with Crippen LogP contribution >= 0.6 is 0 Å². The molecule has 2 fully saturated rings. The Morgan fingerprint density at radius 3 is 2.35 bits per heavy atom. The molecule has 1 heterocycles. The number of nitrogens with zero attached hydrogens (tertiary/aromatic N) is 2. The molecule has 4 rings (SSSR count). The van der Waals surface area contributed by atoms with Crippen molar-refractivity contribution < 1.29 is 9.59 Å². The smallest absolute Gasteiger partial charge is 0.233 e. The maximum atomic E-state index is 12.8. The lowest BCUT2D eigenvalue weighted by Gasteiger charge is -2.18. The van der Waals surface area contributed by atoms with Gasteiger partial charge >= 0.3 is 0 Å². The molecule has 2 amide bonds. The third-order valence-corrected chi connectivity index (χ3v) is 6.93. The average molecular weight is 423 g/mol. The number of guanidine groups is 1. The molecule has 5 atom stereocenters. The number of carbonyl (C=O) groups is 2. The summed E-state index contributed by atoms with van der Waals surface area (Å²) in [7, 11) is 0. The van der Waals surface area contributed by atoms with Crippen molar-refractivity contribution in [3.8, 4) is 0 Å². The molecule has 3 aliphatic rings. The van der Waals surface area contributed by atoms with Crippen molar-refractivity contribution in [1.82, 2.24) is 15.5 Å². The number of hydrogen-bond donors (Lipinski definition) is 2. The standard InChI is InChI=1S/C25H34N4O2/c1-4-26-25(28-15-17(3)18-8-6-16(2)7-9-18)27-12-5-13-29-23(30)21-19-10-11-20(14-19)22(21)24(29)31/h6-11,17,19-22H,4-5,12-15H2,1-3H3,(H2,26,27,28). The van der Waals surface area contributed by atoms with E-state index >= 15 is 0 Å². The Morgan fingerprint density at radius 1 is 1.10 bits per heavy atom. The molecule has 5 unspecified atom stereocenters. The first-order valence-corrected chi connectivity index (χ1v) is 11.6. The highest BCUT2D eigenvalue weighted by molar-refractivity contribution is 6.06. The van der Waals surface area contributed by atoms with E-state index in [2.05, 4.69) is 60.9 Å². The molecule has 6 nitrogen and oxygen atoms in total. The van der Waals surface area contributed by atoms with Crippen LogP contribution in [0.4, 0.5) is 0 Å². The predicted molar refractivity (Wildman–Crippen MR) is 123 cm³/mol. The van der Waals surface area contributed by atoms with Crippen molar-refractivity contribution in [2.45, 2.75) is 39.5 Å². The maximum absolute atomic E-state index is 12.8. The third kappa shape index (κ3) is 4.39. The third-order valence-electron chi connectivity index (χ3n) is 6.93. The van der Waals surface area contributed by atoms with Gasteiger partial charge in [-0.1, -0.05) is 48.9 Å². The Hall–Kier alpha value is -2.63. The molecule has 1 saturated carbocycles. The number of aliphatic imine (C=N–C) groups is 1. The van der Waals surface area contributed by atoms with Crippen molar-refractivity contribution in [2.75, 3.05) is 26.2 Å². The number of benzene rings is 1. The van der Waals surface area contributed by atoms with Crippen LogP contribution in [0, 0.1) is 30.6 Å². The van der Waals surface area contributed by atoms with Crippen LogP contribution in [0.1, 0.15) is 43.7 Å². The maximum Gasteiger partial charge on any atom is 0.233 e. The molecule has 166 valence electrons. The summed E-state index contributed by atoms with van der Waals surface area (Å²) in [5.41, 5.74) is 2.54. The fourth-order valence-electron chi connectivity index (χ4n) is 5.20. The van der Waals surface area contributed by atoms with Gasteiger partial charge in [0.05, 0.1) is 11.8 Å². The molecule has 1 aromatic rings. The lowest BCUT2D eigenvalue weighted by molar-refractivity contribution is -0.140. The zero-order valence-electron chi connectivity index (χ0n) is 18.8. The van der Waals surface area contributed by atoms with Crippen LogP contribution < -0.4 is 10.6 Å². The van der Waals surface area contributed by atoms with Crippen molar-refractivity contribution in [3.63, 3.8) is 0 Å². The molecule has 1 aromatic carbocycles. The summed E-state index contributed by atoms with van der Waals surface area (Å²) >= 11 is 0. The van der Waals surface area contributed by atoms with E-state index in [1.165, 1.54) is 16.0 Å². The molecule has 2 N–H and O–H groups in total. The topological polar surface area (TPSA) is 73.8 Å². The van der Waals surface area contributed by atoms with Crippen molar-refractivity contribution in [1.29, 1.82) is 0 Å². The summed E-state index contributed by atoms with van der Waals surface area (Å²) in [6, 6.07) is 8.60. The van der Waals surface area contributed by atoms with E-state index in [9.17, 15) is 9.59 Å². The van der Waals surface area contributed by atoms with Crippen molar-refractivity contribution in [2.24, 2.45) is 28.7 Å². The number of fused-ring (bicyclic) bond motifs is 5. The normalized spacial score (nSPS) is 27.7. The zero-order valence-corrected chi connectivity index (χ0v) is 18.8. The Bertz CT molecular complexity index is 846. The summed E-state index contributed by atoms with van der Waals surface area (Å²) in [4.78, 5) is 31.8. The first kappa shape index (κ1) is 21.6. The van der Waals surface area contributed by atoms with Gasteiger partial charge in [0.15, 0.2) is 5.96 Å². The summed E-state index contributed by atoms with van der Waals surface area (Å²) in [5.74, 6) is 1.54. The minimum Gasteiger partial charge on any atom is -0.357 e. The SMILES string of the molecule is CCNC(=NCC(C)c1ccc(C)cc1)NCCCN1C(=O)C2C3C=CC(C3)C2C1=O. The predicted octanol–water partition coefficient (Wildman–Crippen LogP) is 2.85. The molecule has 0 spiro atoms. The fraction of sp³-hybridized carbons (Fsp3) is 0.560. The van der Waals surface area contributed by atoms with E-state index in [0.717, 1.165) is 25.3 Å². The van der Waals surface area contributed by atoms with Crippen molar-refractivity contribution in [3.05, 3.63) is 47.5 Å². The van der Waals surface area contributed by atoms with E-state index in [-0.39, 0.29) is 35.5 Å². The second-order valence-electron chi connectivity index (χ2n) is 9.14. The van der Waals surface area contributed by atoms with E-state index in [4.69, 9.17) is 4.99 Å². The number of likely N-dealkylation sites (tertiary alicyclic amines) is 1. The Balaban J connectivity index is 1.25. The number of hydrogen-bond acceptors (Lipinski definition) is 3. The van der Waals surface area contributed by atoms with Gasteiger partial charge < -0.3 is 10.6 Å². The van der Waals surface area contributed by atoms with Gasteiger partial charge in [0, 0.05) is 32.1 Å². The van der Waals surface area contributed by atoms with Gasteiger partial charge in [0.1, 0.15) is 0 Å². The van der Waals surface area contributed by atoms with Crippen LogP contribution in [-0.2, 0) is 9.59 Å². The monoisotopic (exact) mass is 422 g/mol. The summed E-state index contributed by atoms with van der Waals surface area (Å²) in [5, 5.41) is 6.63. The summed E-state index contributed by atoms with van der Waals surface area (Å²) < 4.78 is 0. The van der Waals surface area contributed by atoms with Gasteiger partial charge in [-0.25, -0.2) is 0 Å². The number of allylic oxidation sites excluding steroid dienone is 2. The van der Waals surface area contributed by atoms with Gasteiger partial charge in [0.2, 0.25) is 11.8 Å². The van der Waals surface area contributed by atoms with Crippen molar-refractivity contribution >= 4 is 17.8 Å². The van der Waals surface area contributed by atoms with Gasteiger partial charge in [-0.05, 0) is 44.1 Å². The number of carbonyl (C=O) groups excluding carboxylic acids is 2. The highest BCUT2D eigenvalue weighted by Crippen LogP contribution is 2.52. The average Bonchev–Trinajstić information content (AvgIpc) is 3.44. The molecule has 0 radical (unpaired) electrons. The lowest BCUT2D eigenvalue weighted by Crippen LogP contribution is -2.40. The van der Waals surface area contributed by atoms with E-state index < -0.39 is 0 Å². The lowest BCUT2D eigenvalue weighted by atomic mass is 9.85. The molecule has 6 heteroatoms. The van der Waals surface area contributed by atoms with E-state index in [1.54, 1.807) is 0 Å². The number of rotatable bonds is 8. The Kier molecular flexibility index (Phi) is 6.44. The number of imide groups is 1. The molecule has 1 aliphatic heterocycles. The van der Waals surface area contributed by atoms with Crippen LogP contribution in [0.25, 0.3) is 0 Å². The van der Waals surface area contributed by atoms with Gasteiger partial charge in [0.25, 0.3) is 0 Å². The van der Waals surface area contributed by atoms with E-state index in [1.807, 2.05) is 6.92 Å². The second-order valence-corrected chi connectivity index (χ2v) is 9.14. The largest absolute Gasteiger partial charge is 0.357 e. The minimum absolute atomic E-state index is 0.0411. The van der Waals surface area contributed by atoms with Crippen LogP contribution in [0.2, 0.25) is 0 Å². The van der Waals surface area contributed by atoms with Crippen LogP contribution in [-0.4, -0.2) is 48.9 Å². The number of nitrogens with one attached hydrogen (secondary N) is 2. The van der Waals surface area contributed by atoms with E-state index in [0.29, 0.717) is 25.6 Å². The number of aryl methyl sites for hydroxylation is 1. The second kappa shape index (κ2) is 9.25. The molecular formula is C25H34N4O2. The molecule has 2 aliphatic carbocycles. The number of amides is 2. The first-order chi connectivity index (χ1) is 15.0. The summed E-state index contributed by atoms with van der Waals surface area (Å²) in [6.07, 6.45) is 5.97. The van der Waals surface area contributed by atoms with Crippen LogP contribution in [0.5, 0.6) is 0 Å². The van der Waals surface area contributed by atoms with Gasteiger partial charge in [-0.2, -0.15) is 0 Å². The summed E-state index contributed by atoms with van der Waals surface area (Å²) in [6.45, 7) is 8.95. The highest BCUT2D eigenvalue weighted by Gasteiger charge is 2.58. The highest BCUT2D eigenvalue weighted by atomic mass is 16.2. The van der Waals surface area contributed by atoms with Gasteiger partial charge in [-0.3, -0.25) is 19.5 Å². The quantitative estimate of drug-likeness (QED) is 0.222. The zero-order chi connectivity index (χ0) is 22.0. The van der Waals surface area contributed by atoms with Gasteiger partial charge in [-0.15, -0.1) is 0 Å². The van der Waals surface area contributed by atoms with Crippen LogP contribution in [0.15, 0.2) is 41.4 Å². The molecule has 0 aromatic heterocycles. The first-order valence-electron chi connectivity index (χ1n) is 11.6. The minimum atomic E-state index is -0.0994. The van der Waals surface area contributed by atoms with Crippen LogP contribution in [0.3, 0.4) is 0 Å². The molecule has 31 heavy (non-hydrogen) atoms. The Morgan fingerprint density at radius 2 is 1.74 bits per heavy atom. The molecular weight excluding hydrogens is 388 g/mol. The molecule has 1 saturated heterocycles. The fourth-order valence-corrected chi connectivity index (χ4v) is 5.20. The molecule has 2 bridgehead atoms. The Labute approximate surface area is 185 Å².